The van der Waals surface area contributed by atoms with Crippen molar-refractivity contribution in [3.8, 4) is 5.75 Å². The number of fused-ring (bicyclic) bond motifs is 2. The second kappa shape index (κ2) is 3.78. The first-order valence-electron chi connectivity index (χ1n) is 5.75. The topological polar surface area (TPSA) is 55.7 Å². The van der Waals surface area contributed by atoms with E-state index in [1.807, 2.05) is 26.0 Å². The molecule has 1 N–H and O–H groups in total. The Morgan fingerprint density at radius 2 is 1.67 bits per heavy atom. The third kappa shape index (κ3) is 1.36. The molecule has 0 aliphatic rings. The first-order chi connectivity index (χ1) is 8.65. The zero-order chi connectivity index (χ0) is 12.9. The molecule has 4 nitrogen and oxygen atoms in total. The number of ether oxygens (including phenoxy) is 1. The number of rotatable bonds is 2. The Morgan fingerprint density at radius 3 is 2.28 bits per heavy atom. The van der Waals surface area contributed by atoms with Crippen LogP contribution < -0.4 is 4.74 Å². The van der Waals surface area contributed by atoms with Gasteiger partial charge in [-0.3, -0.25) is 0 Å². The van der Waals surface area contributed by atoms with E-state index in [0.717, 1.165) is 27.9 Å². The van der Waals surface area contributed by atoms with Gasteiger partial charge in [-0.1, -0.05) is 0 Å². The molecule has 0 saturated carbocycles. The minimum atomic E-state index is -0.0943. The SMILES string of the molecule is COc1c2cc(C)oc2c(CO)c2cc(C)oc12. The number of aliphatic hydroxyl groups excluding tert-OH is 1. The lowest BCUT2D eigenvalue weighted by molar-refractivity contribution is 0.283. The molecule has 0 spiro atoms. The summed E-state index contributed by atoms with van der Waals surface area (Å²) in [5.41, 5.74) is 2.07. The largest absolute Gasteiger partial charge is 0.492 e. The summed E-state index contributed by atoms with van der Waals surface area (Å²) in [6.07, 6.45) is 0. The van der Waals surface area contributed by atoms with Gasteiger partial charge < -0.3 is 18.7 Å². The molecule has 0 unspecified atom stereocenters. The minimum Gasteiger partial charge on any atom is -0.492 e. The molecule has 1 aromatic carbocycles. The van der Waals surface area contributed by atoms with E-state index >= 15 is 0 Å². The van der Waals surface area contributed by atoms with Gasteiger partial charge in [0.05, 0.1) is 19.1 Å². The third-order valence-corrected chi connectivity index (χ3v) is 3.12. The minimum absolute atomic E-state index is 0.0943. The number of furan rings is 2. The monoisotopic (exact) mass is 246 g/mol. The van der Waals surface area contributed by atoms with E-state index in [1.165, 1.54) is 0 Å². The van der Waals surface area contributed by atoms with Gasteiger partial charge in [0.2, 0.25) is 0 Å². The van der Waals surface area contributed by atoms with Gasteiger partial charge in [0.25, 0.3) is 0 Å². The van der Waals surface area contributed by atoms with Crippen molar-refractivity contribution >= 4 is 21.9 Å². The smallest absolute Gasteiger partial charge is 0.177 e. The third-order valence-electron chi connectivity index (χ3n) is 3.12. The summed E-state index contributed by atoms with van der Waals surface area (Å²) in [4.78, 5) is 0. The molecule has 3 aromatic rings. The van der Waals surface area contributed by atoms with E-state index in [9.17, 15) is 5.11 Å². The Hall–Kier alpha value is -1.94. The van der Waals surface area contributed by atoms with Gasteiger partial charge in [0, 0.05) is 10.9 Å². The predicted molar refractivity (Wildman–Crippen MR) is 67.9 cm³/mol. The zero-order valence-corrected chi connectivity index (χ0v) is 10.5. The maximum Gasteiger partial charge on any atom is 0.177 e. The first kappa shape index (κ1) is 11.2. The molecule has 0 saturated heterocycles. The highest BCUT2D eigenvalue weighted by atomic mass is 16.5. The Morgan fingerprint density at radius 1 is 1.06 bits per heavy atom. The molecule has 4 heteroatoms. The van der Waals surface area contributed by atoms with Crippen LogP contribution in [0.1, 0.15) is 17.1 Å². The van der Waals surface area contributed by atoms with Crippen molar-refractivity contribution in [3.63, 3.8) is 0 Å². The average Bonchev–Trinajstić information content (AvgIpc) is 2.87. The van der Waals surface area contributed by atoms with Crippen LogP contribution >= 0.6 is 0 Å². The van der Waals surface area contributed by atoms with Crippen LogP contribution in [0.4, 0.5) is 0 Å². The average molecular weight is 246 g/mol. The normalized spacial score (nSPS) is 11.6. The molecule has 0 radical (unpaired) electrons. The molecule has 0 fully saturated rings. The molecule has 0 aliphatic carbocycles. The lowest BCUT2D eigenvalue weighted by Crippen LogP contribution is -1.90. The summed E-state index contributed by atoms with van der Waals surface area (Å²) in [5.74, 6) is 2.21. The Balaban J connectivity index is 2.58. The van der Waals surface area contributed by atoms with Crippen molar-refractivity contribution < 1.29 is 18.7 Å². The molecule has 0 bridgehead atoms. The summed E-state index contributed by atoms with van der Waals surface area (Å²) < 4.78 is 16.8. The van der Waals surface area contributed by atoms with Gasteiger partial charge >= 0.3 is 0 Å². The molecule has 3 rings (SSSR count). The summed E-state index contributed by atoms with van der Waals surface area (Å²) in [5, 5.41) is 11.2. The number of aliphatic hydroxyl groups is 1. The van der Waals surface area contributed by atoms with Crippen molar-refractivity contribution in [1.82, 2.24) is 0 Å². The van der Waals surface area contributed by atoms with Gasteiger partial charge in [-0.05, 0) is 26.0 Å². The summed E-state index contributed by atoms with van der Waals surface area (Å²) in [6, 6.07) is 3.78. The van der Waals surface area contributed by atoms with Crippen LogP contribution in [0.3, 0.4) is 0 Å². The highest BCUT2D eigenvalue weighted by Gasteiger charge is 2.20. The van der Waals surface area contributed by atoms with Crippen LogP contribution in [0.2, 0.25) is 0 Å². The van der Waals surface area contributed by atoms with Gasteiger partial charge in [-0.15, -0.1) is 0 Å². The van der Waals surface area contributed by atoms with Crippen LogP contribution in [0.25, 0.3) is 21.9 Å². The molecule has 2 heterocycles. The van der Waals surface area contributed by atoms with E-state index in [2.05, 4.69) is 0 Å². The lowest BCUT2D eigenvalue weighted by Gasteiger charge is -2.06. The Kier molecular flexibility index (Phi) is 2.35. The number of aryl methyl sites for hydroxylation is 2. The van der Waals surface area contributed by atoms with Gasteiger partial charge in [0.15, 0.2) is 11.3 Å². The van der Waals surface area contributed by atoms with Crippen LogP contribution in [0, 0.1) is 13.8 Å². The van der Waals surface area contributed by atoms with Crippen LogP contribution in [-0.2, 0) is 6.61 Å². The van der Waals surface area contributed by atoms with Gasteiger partial charge in [-0.2, -0.15) is 0 Å². The summed E-state index contributed by atoms with van der Waals surface area (Å²) in [7, 11) is 1.60. The van der Waals surface area contributed by atoms with Crippen molar-refractivity contribution in [2.45, 2.75) is 20.5 Å². The highest BCUT2D eigenvalue weighted by molar-refractivity contribution is 6.04. The molecule has 94 valence electrons. The second-order valence-electron chi connectivity index (χ2n) is 4.37. The van der Waals surface area contributed by atoms with E-state index < -0.39 is 0 Å². The van der Waals surface area contributed by atoms with Crippen molar-refractivity contribution in [3.05, 3.63) is 29.2 Å². The summed E-state index contributed by atoms with van der Waals surface area (Å²) in [6.45, 7) is 3.64. The maximum absolute atomic E-state index is 9.57. The van der Waals surface area contributed by atoms with E-state index in [0.29, 0.717) is 16.9 Å². The van der Waals surface area contributed by atoms with Crippen LogP contribution in [0.15, 0.2) is 21.0 Å². The van der Waals surface area contributed by atoms with Crippen molar-refractivity contribution in [2.75, 3.05) is 7.11 Å². The quantitative estimate of drug-likeness (QED) is 0.753. The van der Waals surface area contributed by atoms with E-state index in [1.54, 1.807) is 7.11 Å². The number of hydrogen-bond donors (Lipinski definition) is 1. The molecular formula is C14H14O4. The molecule has 2 aromatic heterocycles. The van der Waals surface area contributed by atoms with Crippen LogP contribution in [0.5, 0.6) is 5.75 Å². The molecule has 18 heavy (non-hydrogen) atoms. The zero-order valence-electron chi connectivity index (χ0n) is 10.5. The molecule has 0 amide bonds. The first-order valence-corrected chi connectivity index (χ1v) is 5.75. The fourth-order valence-corrected chi connectivity index (χ4v) is 2.42. The molecule has 0 aliphatic heterocycles. The Labute approximate surface area is 104 Å². The number of methoxy groups -OCH3 is 1. The highest BCUT2D eigenvalue weighted by Crippen LogP contribution is 2.41. The standard InChI is InChI=1S/C14H14O4/c1-7-4-9-11(6-15)12-10(5-8(2)17-12)13(16-3)14(9)18-7/h4-5,15H,6H2,1-3H3. The van der Waals surface area contributed by atoms with Crippen molar-refractivity contribution in [1.29, 1.82) is 0 Å². The van der Waals surface area contributed by atoms with Gasteiger partial charge in [0.1, 0.15) is 17.1 Å². The van der Waals surface area contributed by atoms with Crippen LogP contribution in [-0.4, -0.2) is 12.2 Å². The van der Waals surface area contributed by atoms with Crippen molar-refractivity contribution in [2.24, 2.45) is 0 Å². The fourth-order valence-electron chi connectivity index (χ4n) is 2.42. The van der Waals surface area contributed by atoms with Gasteiger partial charge in [-0.25, -0.2) is 0 Å². The molecule has 0 atom stereocenters. The predicted octanol–water partition coefficient (Wildman–Crippen LogP) is 3.30. The number of benzene rings is 1. The Bertz CT molecular complexity index is 616. The van der Waals surface area contributed by atoms with E-state index in [4.69, 9.17) is 13.6 Å². The lowest BCUT2D eigenvalue weighted by atomic mass is 10.1. The summed E-state index contributed by atoms with van der Waals surface area (Å²) >= 11 is 0. The second-order valence-corrected chi connectivity index (χ2v) is 4.37. The number of hydrogen-bond acceptors (Lipinski definition) is 4. The van der Waals surface area contributed by atoms with E-state index in [-0.39, 0.29) is 6.61 Å². The fraction of sp³-hybridized carbons (Fsp3) is 0.286. The maximum atomic E-state index is 9.57. The molecular weight excluding hydrogens is 232 g/mol.